The molecule has 0 heterocycles. The molecule has 90 valence electrons. The zero-order valence-electron chi connectivity index (χ0n) is 9.78. The summed E-state index contributed by atoms with van der Waals surface area (Å²) in [5.41, 5.74) is 0. The molecule has 3 heteroatoms. The molecule has 0 rings (SSSR count). The summed E-state index contributed by atoms with van der Waals surface area (Å²) >= 11 is -1.76. The predicted octanol–water partition coefficient (Wildman–Crippen LogP) is 4.25. The van der Waals surface area contributed by atoms with Gasteiger partial charge in [0.25, 0.3) is 0 Å². The third-order valence-corrected chi connectivity index (χ3v) is 2.86. The van der Waals surface area contributed by atoms with E-state index in [0.717, 1.165) is 12.8 Å². The summed E-state index contributed by atoms with van der Waals surface area (Å²) < 4.78 is 18.7. The molecule has 0 aromatic heterocycles. The lowest BCUT2D eigenvalue weighted by Crippen LogP contribution is -1.80. The Morgan fingerprint density at radius 1 is 1.00 bits per heavy atom. The second-order valence-corrected chi connectivity index (χ2v) is 4.74. The molecule has 0 aliphatic heterocycles. The molecule has 0 bridgehead atoms. The van der Waals surface area contributed by atoms with E-state index in [9.17, 15) is 4.21 Å². The van der Waals surface area contributed by atoms with Crippen LogP contribution in [0.15, 0.2) is 11.5 Å². The summed E-state index contributed by atoms with van der Waals surface area (Å²) in [5.74, 6) is 0. The van der Waals surface area contributed by atoms with E-state index in [1.807, 2.05) is 0 Å². The minimum absolute atomic E-state index is 0.932. The zero-order valence-corrected chi connectivity index (χ0v) is 10.6. The molecule has 1 N–H and O–H groups in total. The molecule has 0 aliphatic rings. The van der Waals surface area contributed by atoms with Crippen molar-refractivity contribution >= 4 is 11.1 Å². The van der Waals surface area contributed by atoms with Gasteiger partial charge in [-0.3, -0.25) is 0 Å². The zero-order chi connectivity index (χ0) is 11.4. The van der Waals surface area contributed by atoms with Crippen molar-refractivity contribution in [1.29, 1.82) is 0 Å². The van der Waals surface area contributed by atoms with Crippen molar-refractivity contribution in [2.75, 3.05) is 0 Å². The van der Waals surface area contributed by atoms with Crippen molar-refractivity contribution in [3.8, 4) is 0 Å². The molecule has 1 unspecified atom stereocenters. The second kappa shape index (κ2) is 11.9. The molecule has 0 fully saturated rings. The van der Waals surface area contributed by atoms with Crippen LogP contribution in [0.2, 0.25) is 0 Å². The SMILES string of the molecule is CCCCCCCCCCC=CS(=O)O. The highest BCUT2D eigenvalue weighted by atomic mass is 32.2. The molecule has 0 aliphatic carbocycles. The molecule has 0 saturated carbocycles. The Bertz CT molecular complexity index is 178. The Balaban J connectivity index is 3.02. The van der Waals surface area contributed by atoms with Gasteiger partial charge in [-0.2, -0.15) is 0 Å². The molecule has 1 atom stereocenters. The maximum Gasteiger partial charge on any atom is 0.178 e. The molecule has 15 heavy (non-hydrogen) atoms. The number of hydrogen-bond donors (Lipinski definition) is 1. The standard InChI is InChI=1S/C12H24O2S/c1-2-3-4-5-6-7-8-9-10-11-12-15(13)14/h11-12H,2-10H2,1H3,(H,13,14). The first-order valence-electron chi connectivity index (χ1n) is 6.03. The van der Waals surface area contributed by atoms with Crippen molar-refractivity contribution in [3.05, 3.63) is 11.5 Å². The molecule has 0 saturated heterocycles. The van der Waals surface area contributed by atoms with Gasteiger partial charge in [0.2, 0.25) is 0 Å². The predicted molar refractivity (Wildman–Crippen MR) is 67.1 cm³/mol. The van der Waals surface area contributed by atoms with Crippen molar-refractivity contribution < 1.29 is 8.76 Å². The van der Waals surface area contributed by atoms with Crippen LogP contribution >= 0.6 is 0 Å². The molecule has 2 nitrogen and oxygen atoms in total. The number of allylic oxidation sites excluding steroid dienone is 1. The van der Waals surface area contributed by atoms with Gasteiger partial charge in [0.05, 0.1) is 0 Å². The summed E-state index contributed by atoms with van der Waals surface area (Å²) in [6.07, 6.45) is 13.2. The third kappa shape index (κ3) is 13.9. The van der Waals surface area contributed by atoms with Gasteiger partial charge in [-0.1, -0.05) is 57.9 Å². The van der Waals surface area contributed by atoms with Crippen LogP contribution in [-0.2, 0) is 11.1 Å². The Labute approximate surface area is 96.4 Å². The highest BCUT2D eigenvalue weighted by Crippen LogP contribution is 2.09. The van der Waals surface area contributed by atoms with E-state index in [4.69, 9.17) is 4.55 Å². The van der Waals surface area contributed by atoms with Crippen LogP contribution < -0.4 is 0 Å². The van der Waals surface area contributed by atoms with Crippen molar-refractivity contribution in [3.63, 3.8) is 0 Å². The quantitative estimate of drug-likeness (QED) is 0.451. The van der Waals surface area contributed by atoms with Crippen LogP contribution in [0.3, 0.4) is 0 Å². The lowest BCUT2D eigenvalue weighted by molar-refractivity contribution is 0.572. The first-order chi connectivity index (χ1) is 7.27. The van der Waals surface area contributed by atoms with Gasteiger partial charge in [-0.05, 0) is 12.8 Å². The molecule has 0 aromatic rings. The van der Waals surface area contributed by atoms with E-state index in [1.54, 1.807) is 6.08 Å². The van der Waals surface area contributed by atoms with E-state index >= 15 is 0 Å². The van der Waals surface area contributed by atoms with Crippen molar-refractivity contribution in [2.24, 2.45) is 0 Å². The lowest BCUT2D eigenvalue weighted by atomic mass is 10.1. The number of hydrogen-bond acceptors (Lipinski definition) is 1. The first-order valence-corrected chi connectivity index (χ1v) is 7.20. The van der Waals surface area contributed by atoms with Crippen LogP contribution in [0, 0.1) is 0 Å². The molecule has 0 amide bonds. The van der Waals surface area contributed by atoms with Gasteiger partial charge in [-0.15, -0.1) is 0 Å². The highest BCUT2D eigenvalue weighted by molar-refractivity contribution is 7.82. The van der Waals surface area contributed by atoms with Crippen LogP contribution in [0.5, 0.6) is 0 Å². The molecule has 0 aromatic carbocycles. The van der Waals surface area contributed by atoms with Crippen LogP contribution in [0.1, 0.15) is 64.7 Å². The van der Waals surface area contributed by atoms with E-state index in [-0.39, 0.29) is 0 Å². The summed E-state index contributed by atoms with van der Waals surface area (Å²) in [6, 6.07) is 0. The first kappa shape index (κ1) is 14.8. The second-order valence-electron chi connectivity index (χ2n) is 3.91. The Kier molecular flexibility index (Phi) is 11.8. The van der Waals surface area contributed by atoms with Crippen LogP contribution in [0.25, 0.3) is 0 Å². The average Bonchev–Trinajstić information content (AvgIpc) is 2.20. The Morgan fingerprint density at radius 3 is 2.07 bits per heavy atom. The minimum Gasteiger partial charge on any atom is -0.303 e. The van der Waals surface area contributed by atoms with Gasteiger partial charge < -0.3 is 4.55 Å². The van der Waals surface area contributed by atoms with E-state index < -0.39 is 11.1 Å². The smallest absolute Gasteiger partial charge is 0.178 e. The maximum atomic E-state index is 10.3. The fraction of sp³-hybridized carbons (Fsp3) is 0.833. The fourth-order valence-corrected chi connectivity index (χ4v) is 1.85. The largest absolute Gasteiger partial charge is 0.303 e. The highest BCUT2D eigenvalue weighted by Gasteiger charge is 1.90. The average molecular weight is 232 g/mol. The topological polar surface area (TPSA) is 37.3 Å². The van der Waals surface area contributed by atoms with Gasteiger partial charge >= 0.3 is 0 Å². The van der Waals surface area contributed by atoms with Gasteiger partial charge in [0.1, 0.15) is 0 Å². The fourth-order valence-electron chi connectivity index (χ4n) is 1.55. The van der Waals surface area contributed by atoms with E-state index in [1.165, 1.54) is 50.4 Å². The number of rotatable bonds is 10. The van der Waals surface area contributed by atoms with Crippen LogP contribution in [0.4, 0.5) is 0 Å². The van der Waals surface area contributed by atoms with E-state index in [0.29, 0.717) is 0 Å². The molecule has 0 radical (unpaired) electrons. The third-order valence-electron chi connectivity index (χ3n) is 2.44. The number of unbranched alkanes of at least 4 members (excludes halogenated alkanes) is 8. The van der Waals surface area contributed by atoms with Crippen molar-refractivity contribution in [2.45, 2.75) is 64.7 Å². The van der Waals surface area contributed by atoms with Gasteiger partial charge in [0.15, 0.2) is 11.1 Å². The molecule has 0 spiro atoms. The van der Waals surface area contributed by atoms with Gasteiger partial charge in [-0.25, -0.2) is 4.21 Å². The van der Waals surface area contributed by atoms with Crippen LogP contribution in [-0.4, -0.2) is 8.76 Å². The van der Waals surface area contributed by atoms with Crippen molar-refractivity contribution in [1.82, 2.24) is 0 Å². The lowest BCUT2D eigenvalue weighted by Gasteiger charge is -1.99. The Hall–Kier alpha value is -0.150. The summed E-state index contributed by atoms with van der Waals surface area (Å²) in [4.78, 5) is 0. The maximum absolute atomic E-state index is 10.3. The summed E-state index contributed by atoms with van der Waals surface area (Å²) in [5, 5.41) is 1.35. The normalized spacial score (nSPS) is 13.5. The Morgan fingerprint density at radius 2 is 1.53 bits per heavy atom. The summed E-state index contributed by atoms with van der Waals surface area (Å²) in [7, 11) is 0. The van der Waals surface area contributed by atoms with E-state index in [2.05, 4.69) is 6.92 Å². The monoisotopic (exact) mass is 232 g/mol. The molecular formula is C12H24O2S. The molecular weight excluding hydrogens is 208 g/mol. The minimum atomic E-state index is -1.76. The summed E-state index contributed by atoms with van der Waals surface area (Å²) in [6.45, 7) is 2.23. The van der Waals surface area contributed by atoms with Gasteiger partial charge in [0, 0.05) is 5.41 Å².